The summed E-state index contributed by atoms with van der Waals surface area (Å²) in [5.41, 5.74) is 2.85. The van der Waals surface area contributed by atoms with E-state index in [9.17, 15) is 9.59 Å². The third-order valence-corrected chi connectivity index (χ3v) is 3.88. The summed E-state index contributed by atoms with van der Waals surface area (Å²) >= 11 is 0. The van der Waals surface area contributed by atoms with E-state index in [2.05, 4.69) is 25.9 Å². The van der Waals surface area contributed by atoms with Crippen molar-refractivity contribution in [3.63, 3.8) is 0 Å². The van der Waals surface area contributed by atoms with Crippen LogP contribution in [0.1, 0.15) is 23.0 Å². The predicted molar refractivity (Wildman–Crippen MR) is 109 cm³/mol. The van der Waals surface area contributed by atoms with Crippen molar-refractivity contribution in [2.75, 3.05) is 17.2 Å². The molecule has 3 aromatic rings. The molecule has 7 heteroatoms. The Bertz CT molecular complexity index is 943. The number of anilines is 3. The third kappa shape index (κ3) is 5.63. The van der Waals surface area contributed by atoms with Gasteiger partial charge in [0.1, 0.15) is 11.5 Å². The lowest BCUT2D eigenvalue weighted by Gasteiger charge is -2.09. The standard InChI is InChI=1S/C21H21N5O2/c1-15(27)25-17-8-5-9-18(12-17)26-20-14-23-19(13-24-20)21(28)22-11-10-16-6-3-2-4-7-16/h2-9,12-14H,10-11H2,1H3,(H,22,28)(H,24,26)(H,25,27). The maximum absolute atomic E-state index is 12.2. The Morgan fingerprint density at radius 3 is 2.43 bits per heavy atom. The molecule has 142 valence electrons. The first kappa shape index (κ1) is 19.0. The summed E-state index contributed by atoms with van der Waals surface area (Å²) in [5, 5.41) is 8.65. The van der Waals surface area contributed by atoms with E-state index in [1.165, 1.54) is 19.3 Å². The molecular weight excluding hydrogens is 354 g/mol. The normalized spacial score (nSPS) is 10.2. The van der Waals surface area contributed by atoms with Gasteiger partial charge in [0.05, 0.1) is 12.4 Å². The number of carbonyl (C=O) groups is 2. The summed E-state index contributed by atoms with van der Waals surface area (Å²) in [5.74, 6) is 0.100. The Morgan fingerprint density at radius 1 is 0.929 bits per heavy atom. The number of carbonyl (C=O) groups excluding carboxylic acids is 2. The predicted octanol–water partition coefficient (Wildman–Crippen LogP) is 3.15. The quantitative estimate of drug-likeness (QED) is 0.590. The van der Waals surface area contributed by atoms with Crippen molar-refractivity contribution in [1.82, 2.24) is 15.3 Å². The summed E-state index contributed by atoms with van der Waals surface area (Å²) in [7, 11) is 0. The highest BCUT2D eigenvalue weighted by atomic mass is 16.2. The van der Waals surface area contributed by atoms with Crippen LogP contribution in [0, 0.1) is 0 Å². The van der Waals surface area contributed by atoms with Crippen molar-refractivity contribution in [2.24, 2.45) is 0 Å². The number of rotatable bonds is 7. The molecule has 0 aliphatic rings. The van der Waals surface area contributed by atoms with Gasteiger partial charge in [0.15, 0.2) is 0 Å². The summed E-state index contributed by atoms with van der Waals surface area (Å²) in [6.07, 6.45) is 3.68. The monoisotopic (exact) mass is 375 g/mol. The smallest absolute Gasteiger partial charge is 0.271 e. The van der Waals surface area contributed by atoms with E-state index in [0.29, 0.717) is 18.1 Å². The van der Waals surface area contributed by atoms with Crippen LogP contribution in [0.3, 0.4) is 0 Å². The maximum Gasteiger partial charge on any atom is 0.271 e. The van der Waals surface area contributed by atoms with Gasteiger partial charge in [-0.2, -0.15) is 0 Å². The van der Waals surface area contributed by atoms with Crippen molar-refractivity contribution in [2.45, 2.75) is 13.3 Å². The number of benzene rings is 2. The van der Waals surface area contributed by atoms with Gasteiger partial charge in [-0.05, 0) is 30.2 Å². The number of aromatic nitrogens is 2. The SMILES string of the molecule is CC(=O)Nc1cccc(Nc2cnc(C(=O)NCCc3ccccc3)cn2)c1. The van der Waals surface area contributed by atoms with E-state index < -0.39 is 0 Å². The molecule has 0 radical (unpaired) electrons. The minimum Gasteiger partial charge on any atom is -0.350 e. The fourth-order valence-corrected chi connectivity index (χ4v) is 2.59. The van der Waals surface area contributed by atoms with Crippen LogP contribution in [0.25, 0.3) is 0 Å². The molecular formula is C21H21N5O2. The molecule has 0 fully saturated rings. The largest absolute Gasteiger partial charge is 0.350 e. The first-order chi connectivity index (χ1) is 13.6. The molecule has 0 aliphatic carbocycles. The van der Waals surface area contributed by atoms with Crippen molar-refractivity contribution in [3.8, 4) is 0 Å². The first-order valence-electron chi connectivity index (χ1n) is 8.89. The molecule has 0 unspecified atom stereocenters. The van der Waals surface area contributed by atoms with Crippen molar-refractivity contribution < 1.29 is 9.59 Å². The molecule has 0 spiro atoms. The zero-order chi connectivity index (χ0) is 19.8. The van der Waals surface area contributed by atoms with Gasteiger partial charge in [-0.25, -0.2) is 9.97 Å². The minimum atomic E-state index is -0.261. The molecule has 0 atom stereocenters. The van der Waals surface area contributed by atoms with Gasteiger partial charge in [-0.3, -0.25) is 9.59 Å². The summed E-state index contributed by atoms with van der Waals surface area (Å²) < 4.78 is 0. The van der Waals surface area contributed by atoms with Gasteiger partial charge in [0.25, 0.3) is 5.91 Å². The molecule has 28 heavy (non-hydrogen) atoms. The average Bonchev–Trinajstić information content (AvgIpc) is 2.69. The van der Waals surface area contributed by atoms with Gasteiger partial charge in [0.2, 0.25) is 5.91 Å². The highest BCUT2D eigenvalue weighted by molar-refractivity contribution is 5.92. The van der Waals surface area contributed by atoms with Crippen LogP contribution in [0.4, 0.5) is 17.2 Å². The molecule has 0 aliphatic heterocycles. The molecule has 3 rings (SSSR count). The molecule has 3 N–H and O–H groups in total. The second kappa shape index (κ2) is 9.27. The summed E-state index contributed by atoms with van der Waals surface area (Å²) in [4.78, 5) is 31.7. The third-order valence-electron chi connectivity index (χ3n) is 3.88. The minimum absolute atomic E-state index is 0.139. The second-order valence-corrected chi connectivity index (χ2v) is 6.17. The van der Waals surface area contributed by atoms with Crippen LogP contribution in [-0.2, 0) is 11.2 Å². The lowest BCUT2D eigenvalue weighted by molar-refractivity contribution is -0.114. The Kier molecular flexibility index (Phi) is 6.30. The fraction of sp³-hybridized carbons (Fsp3) is 0.143. The van der Waals surface area contributed by atoms with Gasteiger partial charge < -0.3 is 16.0 Å². The maximum atomic E-state index is 12.2. The first-order valence-corrected chi connectivity index (χ1v) is 8.89. The van der Waals surface area contributed by atoms with Crippen LogP contribution in [0.2, 0.25) is 0 Å². The van der Waals surface area contributed by atoms with Crippen molar-refractivity contribution >= 4 is 29.0 Å². The number of nitrogens with one attached hydrogen (secondary N) is 3. The lowest BCUT2D eigenvalue weighted by atomic mass is 10.1. The van der Waals surface area contributed by atoms with Gasteiger partial charge in [0, 0.05) is 24.8 Å². The lowest BCUT2D eigenvalue weighted by Crippen LogP contribution is -2.26. The van der Waals surface area contributed by atoms with E-state index in [-0.39, 0.29) is 17.5 Å². The van der Waals surface area contributed by atoms with E-state index in [1.807, 2.05) is 42.5 Å². The van der Waals surface area contributed by atoms with E-state index in [0.717, 1.165) is 17.7 Å². The molecule has 1 aromatic heterocycles. The Balaban J connectivity index is 1.54. The molecule has 1 heterocycles. The van der Waals surface area contributed by atoms with Crippen molar-refractivity contribution in [1.29, 1.82) is 0 Å². The molecule has 2 amide bonds. The van der Waals surface area contributed by atoms with Crippen LogP contribution in [0.5, 0.6) is 0 Å². The topological polar surface area (TPSA) is 96.0 Å². The molecule has 0 saturated heterocycles. The summed E-state index contributed by atoms with van der Waals surface area (Å²) in [6, 6.07) is 17.2. The zero-order valence-electron chi connectivity index (χ0n) is 15.5. The second-order valence-electron chi connectivity index (χ2n) is 6.17. The van der Waals surface area contributed by atoms with Crippen LogP contribution >= 0.6 is 0 Å². The van der Waals surface area contributed by atoms with Gasteiger partial charge >= 0.3 is 0 Å². The Hall–Kier alpha value is -3.74. The molecule has 2 aromatic carbocycles. The van der Waals surface area contributed by atoms with Crippen LogP contribution < -0.4 is 16.0 Å². The van der Waals surface area contributed by atoms with E-state index in [4.69, 9.17) is 0 Å². The number of amides is 2. The Labute approximate surface area is 163 Å². The number of nitrogens with zero attached hydrogens (tertiary/aromatic N) is 2. The van der Waals surface area contributed by atoms with E-state index >= 15 is 0 Å². The van der Waals surface area contributed by atoms with Gasteiger partial charge in [-0.1, -0.05) is 36.4 Å². The number of hydrogen-bond donors (Lipinski definition) is 3. The highest BCUT2D eigenvalue weighted by Crippen LogP contribution is 2.18. The highest BCUT2D eigenvalue weighted by Gasteiger charge is 2.08. The van der Waals surface area contributed by atoms with Gasteiger partial charge in [-0.15, -0.1) is 0 Å². The summed E-state index contributed by atoms with van der Waals surface area (Å²) in [6.45, 7) is 1.98. The van der Waals surface area contributed by atoms with Crippen molar-refractivity contribution in [3.05, 3.63) is 78.2 Å². The molecule has 0 saturated carbocycles. The zero-order valence-corrected chi connectivity index (χ0v) is 15.5. The fourth-order valence-electron chi connectivity index (χ4n) is 2.59. The molecule has 7 nitrogen and oxygen atoms in total. The van der Waals surface area contributed by atoms with Crippen LogP contribution in [0.15, 0.2) is 67.0 Å². The molecule has 0 bridgehead atoms. The van der Waals surface area contributed by atoms with Crippen LogP contribution in [-0.4, -0.2) is 28.3 Å². The average molecular weight is 375 g/mol. The van der Waals surface area contributed by atoms with E-state index in [1.54, 1.807) is 12.1 Å². The number of hydrogen-bond acceptors (Lipinski definition) is 5. The Morgan fingerprint density at radius 2 is 1.71 bits per heavy atom.